The van der Waals surface area contributed by atoms with Gasteiger partial charge in [-0.2, -0.15) is 4.67 Å². The van der Waals surface area contributed by atoms with Gasteiger partial charge < -0.3 is 4.89 Å². The SMILES string of the molecule is CCS(CC)=P1(O)OOS1. The first kappa shape index (κ1) is 9.10. The van der Waals surface area contributed by atoms with Gasteiger partial charge in [-0.1, -0.05) is 13.8 Å². The molecule has 0 aliphatic carbocycles. The van der Waals surface area contributed by atoms with Crippen LogP contribution in [0.2, 0.25) is 0 Å². The maximum Gasteiger partial charge on any atom is 0.267 e. The van der Waals surface area contributed by atoms with Crippen molar-refractivity contribution in [3.63, 3.8) is 0 Å². The van der Waals surface area contributed by atoms with Crippen molar-refractivity contribution in [3.8, 4) is 0 Å². The largest absolute Gasteiger partial charge is 0.338 e. The maximum absolute atomic E-state index is 9.61. The van der Waals surface area contributed by atoms with Crippen LogP contribution in [0.3, 0.4) is 0 Å². The Morgan fingerprint density at radius 1 is 1.50 bits per heavy atom. The first-order valence-corrected chi connectivity index (χ1v) is 8.25. The summed E-state index contributed by atoms with van der Waals surface area (Å²) in [6.07, 6.45) is 0. The molecule has 1 N–H and O–H groups in total. The first-order chi connectivity index (χ1) is 4.73. The van der Waals surface area contributed by atoms with Crippen LogP contribution >= 0.6 is 17.4 Å². The van der Waals surface area contributed by atoms with Gasteiger partial charge in [0, 0.05) is 0 Å². The quantitative estimate of drug-likeness (QED) is 0.422. The minimum absolute atomic E-state index is 0.0204. The van der Waals surface area contributed by atoms with Gasteiger partial charge in [-0.25, -0.2) is 0 Å². The summed E-state index contributed by atoms with van der Waals surface area (Å²) in [4.78, 5) is 9.61. The number of hydrogen-bond acceptors (Lipinski definition) is 3. The van der Waals surface area contributed by atoms with E-state index < -0.39 is 5.69 Å². The molecule has 0 amide bonds. The van der Waals surface area contributed by atoms with E-state index in [-0.39, 0.29) is 10.1 Å². The number of hydrogen-bond donors (Lipinski definition) is 1. The molecule has 1 fully saturated rings. The Hall–Kier alpha value is 1.01. The molecule has 0 saturated carbocycles. The van der Waals surface area contributed by atoms with Crippen molar-refractivity contribution in [1.29, 1.82) is 0 Å². The average molecular weight is 202 g/mol. The Bertz CT molecular complexity index is 167. The third-order valence-electron chi connectivity index (χ3n) is 1.24. The van der Waals surface area contributed by atoms with Crippen molar-refractivity contribution in [1.82, 2.24) is 0 Å². The van der Waals surface area contributed by atoms with E-state index in [1.807, 2.05) is 0 Å². The normalized spacial score (nSPS) is 32.4. The summed E-state index contributed by atoms with van der Waals surface area (Å²) in [6, 6.07) is 0. The molecule has 1 saturated heterocycles. The highest BCUT2D eigenvalue weighted by atomic mass is 33.0. The molecule has 6 heteroatoms. The van der Waals surface area contributed by atoms with Gasteiger partial charge in [0.25, 0.3) is 5.69 Å². The van der Waals surface area contributed by atoms with Gasteiger partial charge in [-0.15, -0.1) is 14.4 Å². The highest BCUT2D eigenvalue weighted by molar-refractivity contribution is 8.72. The van der Waals surface area contributed by atoms with E-state index in [9.17, 15) is 4.89 Å². The zero-order valence-corrected chi connectivity index (χ0v) is 8.47. The first-order valence-electron chi connectivity index (χ1n) is 3.07. The van der Waals surface area contributed by atoms with E-state index in [4.69, 9.17) is 4.67 Å². The highest BCUT2D eigenvalue weighted by Crippen LogP contribution is 2.69. The van der Waals surface area contributed by atoms with E-state index in [2.05, 4.69) is 18.2 Å². The summed E-state index contributed by atoms with van der Waals surface area (Å²) in [5.74, 6) is 1.97. The van der Waals surface area contributed by atoms with Gasteiger partial charge in [0.05, 0.1) is 0 Å². The fraction of sp³-hybridized carbons (Fsp3) is 1.00. The van der Waals surface area contributed by atoms with E-state index >= 15 is 0 Å². The molecule has 3 nitrogen and oxygen atoms in total. The van der Waals surface area contributed by atoms with Crippen molar-refractivity contribution in [3.05, 3.63) is 0 Å². The lowest BCUT2D eigenvalue weighted by Gasteiger charge is -2.27. The topological polar surface area (TPSA) is 38.7 Å². The predicted molar refractivity (Wildman–Crippen MR) is 47.3 cm³/mol. The molecule has 0 radical (unpaired) electrons. The van der Waals surface area contributed by atoms with E-state index in [0.29, 0.717) is 0 Å². The minimum Gasteiger partial charge on any atom is -0.338 e. The van der Waals surface area contributed by atoms with Crippen molar-refractivity contribution in [2.24, 2.45) is 0 Å². The summed E-state index contributed by atoms with van der Waals surface area (Å²) in [6.45, 7) is 4.12. The van der Waals surface area contributed by atoms with Crippen LogP contribution < -0.4 is 0 Å². The van der Waals surface area contributed by atoms with Crippen molar-refractivity contribution in [2.75, 3.05) is 11.5 Å². The van der Waals surface area contributed by atoms with Gasteiger partial charge >= 0.3 is 0 Å². The molecule has 1 atom stereocenters. The molecule has 10 heavy (non-hydrogen) atoms. The number of rotatable bonds is 2. The summed E-state index contributed by atoms with van der Waals surface area (Å²) in [7, 11) is 0.0204. The zero-order chi connectivity index (χ0) is 7.61. The second kappa shape index (κ2) is 3.61. The van der Waals surface area contributed by atoms with Crippen LogP contribution in [0.4, 0.5) is 0 Å². The molecule has 0 spiro atoms. The van der Waals surface area contributed by atoms with Crippen molar-refractivity contribution >= 4 is 27.4 Å². The lowest BCUT2D eigenvalue weighted by molar-refractivity contribution is -0.0917. The standard InChI is InChI=1S/C4H11O3PS2/c1-3-10(4-2)8(5)6-7-9-8/h5H,3-4H2,1-2H3. The second-order valence-electron chi connectivity index (χ2n) is 1.73. The molecule has 1 rings (SSSR count). The van der Waals surface area contributed by atoms with Crippen LogP contribution in [0, 0.1) is 0 Å². The monoisotopic (exact) mass is 202 g/mol. The summed E-state index contributed by atoms with van der Waals surface area (Å²) in [5, 5.41) is 0. The molecular weight excluding hydrogens is 191 g/mol. The summed E-state index contributed by atoms with van der Waals surface area (Å²) >= 11 is 1.12. The minimum atomic E-state index is -2.13. The van der Waals surface area contributed by atoms with Crippen LogP contribution in [-0.4, -0.2) is 16.4 Å². The lowest BCUT2D eigenvalue weighted by atomic mass is 11.0. The molecule has 0 aromatic rings. The molecule has 0 aromatic carbocycles. The van der Waals surface area contributed by atoms with Crippen molar-refractivity contribution in [2.45, 2.75) is 13.8 Å². The smallest absolute Gasteiger partial charge is 0.267 e. The Kier molecular flexibility index (Phi) is 3.28. The lowest BCUT2D eigenvalue weighted by Crippen LogP contribution is -2.06. The predicted octanol–water partition coefficient (Wildman–Crippen LogP) is 1.92. The summed E-state index contributed by atoms with van der Waals surface area (Å²) < 4.78 is 9.15. The molecule has 0 aromatic heterocycles. The fourth-order valence-electron chi connectivity index (χ4n) is 0.699. The van der Waals surface area contributed by atoms with Crippen LogP contribution in [0.5, 0.6) is 0 Å². The fourth-order valence-corrected chi connectivity index (χ4v) is 8.19. The van der Waals surface area contributed by atoms with Crippen LogP contribution in [-0.2, 0) is 19.1 Å². The average Bonchev–Trinajstić information content (AvgIpc) is 1.87. The van der Waals surface area contributed by atoms with Crippen molar-refractivity contribution < 1.29 is 13.9 Å². The Morgan fingerprint density at radius 3 is 2.10 bits per heavy atom. The maximum atomic E-state index is 9.61. The van der Waals surface area contributed by atoms with Gasteiger partial charge in [0.15, 0.2) is 0 Å². The molecule has 62 valence electrons. The van der Waals surface area contributed by atoms with E-state index in [1.165, 1.54) is 0 Å². The third-order valence-corrected chi connectivity index (χ3v) is 11.0. The van der Waals surface area contributed by atoms with Gasteiger partial charge in [-0.05, 0) is 11.5 Å². The van der Waals surface area contributed by atoms with Crippen LogP contribution in [0.15, 0.2) is 0 Å². The Balaban J connectivity index is 2.78. The van der Waals surface area contributed by atoms with E-state index in [1.54, 1.807) is 0 Å². The van der Waals surface area contributed by atoms with Gasteiger partial charge in [0.1, 0.15) is 11.7 Å². The molecular formula is C4H11O3PS2. The molecule has 1 aliphatic heterocycles. The summed E-state index contributed by atoms with van der Waals surface area (Å²) in [5.41, 5.74) is -2.13. The zero-order valence-electron chi connectivity index (χ0n) is 5.94. The highest BCUT2D eigenvalue weighted by Gasteiger charge is 2.32. The van der Waals surface area contributed by atoms with Crippen LogP contribution in [0.1, 0.15) is 13.8 Å². The van der Waals surface area contributed by atoms with Crippen LogP contribution in [0.25, 0.3) is 0 Å². The van der Waals surface area contributed by atoms with Gasteiger partial charge in [-0.3, -0.25) is 0 Å². The van der Waals surface area contributed by atoms with E-state index in [0.717, 1.165) is 23.2 Å². The second-order valence-corrected chi connectivity index (χ2v) is 10.8. The van der Waals surface area contributed by atoms with Gasteiger partial charge in [0.2, 0.25) is 0 Å². The Labute approximate surface area is 67.1 Å². The molecule has 1 heterocycles. The molecule has 1 unspecified atom stereocenters. The molecule has 1 aliphatic rings. The third kappa shape index (κ3) is 1.60. The Morgan fingerprint density at radius 2 is 2.00 bits per heavy atom. The molecule has 0 bridgehead atoms.